The summed E-state index contributed by atoms with van der Waals surface area (Å²) in [4.78, 5) is 53.1. The number of para-hydroxylation sites is 1. The zero-order chi connectivity index (χ0) is 22.6. The Kier molecular flexibility index (Phi) is 4.79. The van der Waals surface area contributed by atoms with E-state index in [9.17, 15) is 19.2 Å². The lowest BCUT2D eigenvalue weighted by Crippen LogP contribution is -2.53. The number of primary amides is 1. The molecule has 32 heavy (non-hydrogen) atoms. The van der Waals surface area contributed by atoms with Crippen molar-refractivity contribution < 1.29 is 19.2 Å². The van der Waals surface area contributed by atoms with E-state index in [2.05, 4.69) is 10.6 Å². The fourth-order valence-electron chi connectivity index (χ4n) is 5.32. The van der Waals surface area contributed by atoms with Gasteiger partial charge in [-0.15, -0.1) is 0 Å². The molecule has 2 fully saturated rings. The van der Waals surface area contributed by atoms with Crippen molar-refractivity contribution in [3.63, 3.8) is 0 Å². The van der Waals surface area contributed by atoms with Gasteiger partial charge >= 0.3 is 0 Å². The number of likely N-dealkylation sites (tertiary alicyclic amines) is 1. The highest BCUT2D eigenvalue weighted by molar-refractivity contribution is 6.31. The number of imide groups is 1. The molecule has 0 unspecified atom stereocenters. The number of halogens is 1. The minimum atomic E-state index is -1.38. The molecule has 4 amide bonds. The number of anilines is 1. The summed E-state index contributed by atoms with van der Waals surface area (Å²) >= 11 is 6.27. The minimum absolute atomic E-state index is 0.0201. The molecule has 164 valence electrons. The predicted molar refractivity (Wildman–Crippen MR) is 116 cm³/mol. The van der Waals surface area contributed by atoms with Crippen LogP contribution in [0.3, 0.4) is 0 Å². The maximum absolute atomic E-state index is 13.7. The number of hydrogen-bond acceptors (Lipinski definition) is 5. The third kappa shape index (κ3) is 2.87. The van der Waals surface area contributed by atoms with Gasteiger partial charge in [0.25, 0.3) is 0 Å². The van der Waals surface area contributed by atoms with Crippen LogP contribution in [0.2, 0.25) is 5.02 Å². The van der Waals surface area contributed by atoms with Gasteiger partial charge in [-0.05, 0) is 24.1 Å². The van der Waals surface area contributed by atoms with Gasteiger partial charge in [-0.1, -0.05) is 48.0 Å². The monoisotopic (exact) mass is 452 g/mol. The highest BCUT2D eigenvalue weighted by Crippen LogP contribution is 2.53. The van der Waals surface area contributed by atoms with Gasteiger partial charge in [0.05, 0.1) is 18.4 Å². The number of amides is 4. The van der Waals surface area contributed by atoms with Crippen molar-refractivity contribution in [2.24, 2.45) is 17.6 Å². The molecule has 0 aliphatic carbocycles. The molecular weight excluding hydrogens is 432 g/mol. The number of fused-ring (bicyclic) bond motifs is 4. The van der Waals surface area contributed by atoms with Crippen molar-refractivity contribution in [1.82, 2.24) is 10.2 Å². The van der Waals surface area contributed by atoms with E-state index in [0.717, 1.165) is 0 Å². The van der Waals surface area contributed by atoms with Gasteiger partial charge in [0.1, 0.15) is 5.54 Å². The lowest BCUT2D eigenvalue weighted by atomic mass is 9.76. The normalized spacial score (nSPS) is 28.2. The number of benzene rings is 2. The fourth-order valence-corrected chi connectivity index (χ4v) is 5.51. The Bertz CT molecular complexity index is 1170. The van der Waals surface area contributed by atoms with Gasteiger partial charge < -0.3 is 11.1 Å². The maximum Gasteiger partial charge on any atom is 0.250 e. The van der Waals surface area contributed by atoms with Crippen molar-refractivity contribution in [2.45, 2.75) is 31.0 Å². The van der Waals surface area contributed by atoms with Crippen LogP contribution in [0.1, 0.15) is 24.0 Å². The second-order valence-electron chi connectivity index (χ2n) is 8.42. The average Bonchev–Trinajstić information content (AvgIpc) is 3.34. The van der Waals surface area contributed by atoms with Crippen molar-refractivity contribution in [3.05, 3.63) is 64.7 Å². The number of nitrogens with two attached hydrogens (primary N) is 1. The third-order valence-corrected chi connectivity index (χ3v) is 7.07. The van der Waals surface area contributed by atoms with E-state index in [-0.39, 0.29) is 31.2 Å². The first-order chi connectivity index (χ1) is 15.3. The molecule has 3 heterocycles. The van der Waals surface area contributed by atoms with E-state index in [1.165, 1.54) is 4.90 Å². The van der Waals surface area contributed by atoms with Crippen LogP contribution in [0.4, 0.5) is 5.69 Å². The van der Waals surface area contributed by atoms with E-state index < -0.39 is 35.2 Å². The molecule has 4 N–H and O–H groups in total. The summed E-state index contributed by atoms with van der Waals surface area (Å²) in [5, 5.41) is 6.56. The van der Waals surface area contributed by atoms with Crippen LogP contribution >= 0.6 is 11.6 Å². The van der Waals surface area contributed by atoms with E-state index in [4.69, 9.17) is 17.3 Å². The Morgan fingerprint density at radius 3 is 2.53 bits per heavy atom. The van der Waals surface area contributed by atoms with Gasteiger partial charge in [-0.25, -0.2) is 0 Å². The molecule has 3 aliphatic rings. The quantitative estimate of drug-likeness (QED) is 0.594. The van der Waals surface area contributed by atoms with Gasteiger partial charge in [0.15, 0.2) is 0 Å². The summed E-state index contributed by atoms with van der Waals surface area (Å²) in [6, 6.07) is 13.6. The summed E-state index contributed by atoms with van der Waals surface area (Å²) < 4.78 is 0. The fraction of sp³-hybridized carbons (Fsp3) is 0.304. The Hall–Kier alpha value is -3.23. The Morgan fingerprint density at radius 1 is 1.06 bits per heavy atom. The molecule has 2 saturated heterocycles. The summed E-state index contributed by atoms with van der Waals surface area (Å²) in [6.45, 7) is 0.0201. The van der Waals surface area contributed by atoms with Gasteiger partial charge in [-0.3, -0.25) is 29.4 Å². The molecule has 2 aromatic carbocycles. The number of hydrogen-bond donors (Lipinski definition) is 3. The number of carbonyl (C=O) groups is 4. The van der Waals surface area contributed by atoms with Crippen molar-refractivity contribution in [3.8, 4) is 0 Å². The molecule has 0 aromatic heterocycles. The molecule has 4 atom stereocenters. The van der Waals surface area contributed by atoms with Crippen LogP contribution in [0.15, 0.2) is 48.5 Å². The van der Waals surface area contributed by atoms with Crippen molar-refractivity contribution in [1.29, 1.82) is 0 Å². The third-order valence-electron chi connectivity index (χ3n) is 6.70. The molecule has 9 heteroatoms. The SMILES string of the molecule is NC(=O)CC[C@H]1N[C@@]2(C(=O)Nc3ccccc32)[C@@H]2C(=O)N(Cc3ccccc3Cl)C(=O)[C@@H]21. The van der Waals surface area contributed by atoms with Crippen LogP contribution in [0.25, 0.3) is 0 Å². The second-order valence-corrected chi connectivity index (χ2v) is 8.83. The molecule has 0 radical (unpaired) electrons. The molecule has 2 aromatic rings. The lowest BCUT2D eigenvalue weighted by Gasteiger charge is -2.29. The van der Waals surface area contributed by atoms with E-state index in [1.807, 2.05) is 0 Å². The van der Waals surface area contributed by atoms with Crippen LogP contribution < -0.4 is 16.4 Å². The van der Waals surface area contributed by atoms with E-state index >= 15 is 0 Å². The first-order valence-electron chi connectivity index (χ1n) is 10.4. The molecule has 5 rings (SSSR count). The Balaban J connectivity index is 1.58. The van der Waals surface area contributed by atoms with Gasteiger partial charge in [-0.2, -0.15) is 0 Å². The molecule has 1 spiro atoms. The molecule has 0 bridgehead atoms. The highest BCUT2D eigenvalue weighted by Gasteiger charge is 2.70. The van der Waals surface area contributed by atoms with Gasteiger partial charge in [0.2, 0.25) is 23.6 Å². The zero-order valence-corrected chi connectivity index (χ0v) is 17.8. The molecule has 8 nitrogen and oxygen atoms in total. The number of nitrogens with zero attached hydrogens (tertiary/aromatic N) is 1. The van der Waals surface area contributed by atoms with Crippen LogP contribution in [0, 0.1) is 11.8 Å². The minimum Gasteiger partial charge on any atom is -0.370 e. The standard InChI is InChI=1S/C23H21ClN4O4/c24-14-7-3-1-5-12(14)11-28-20(30)18-16(9-10-17(25)29)27-23(19(18)21(28)31)13-6-2-4-8-15(13)26-22(23)32/h1-8,16,18-19,27H,9-11H2,(H2,25,29)(H,26,32)/t16-,18-,19+,23-/m1/s1. The predicted octanol–water partition coefficient (Wildman–Crippen LogP) is 1.53. The Morgan fingerprint density at radius 2 is 1.78 bits per heavy atom. The summed E-state index contributed by atoms with van der Waals surface area (Å²) in [5.74, 6) is -3.42. The number of carbonyl (C=O) groups excluding carboxylic acids is 4. The zero-order valence-electron chi connectivity index (χ0n) is 17.0. The molecular formula is C23H21ClN4O4. The maximum atomic E-state index is 13.7. The lowest BCUT2D eigenvalue weighted by molar-refractivity contribution is -0.143. The molecule has 0 saturated carbocycles. The first-order valence-corrected chi connectivity index (χ1v) is 10.8. The average molecular weight is 453 g/mol. The summed E-state index contributed by atoms with van der Waals surface area (Å²) in [5.41, 5.74) is 5.83. The largest absolute Gasteiger partial charge is 0.370 e. The van der Waals surface area contributed by atoms with E-state index in [0.29, 0.717) is 21.8 Å². The first kappa shape index (κ1) is 20.7. The van der Waals surface area contributed by atoms with Gasteiger partial charge in [0, 0.05) is 28.7 Å². The second kappa shape index (κ2) is 7.43. The highest BCUT2D eigenvalue weighted by atomic mass is 35.5. The number of rotatable bonds is 5. The summed E-state index contributed by atoms with van der Waals surface area (Å²) in [7, 11) is 0. The van der Waals surface area contributed by atoms with E-state index in [1.54, 1.807) is 48.5 Å². The molecule has 3 aliphatic heterocycles. The number of nitrogens with one attached hydrogen (secondary N) is 2. The van der Waals surface area contributed by atoms with Crippen LogP contribution in [-0.4, -0.2) is 34.6 Å². The topological polar surface area (TPSA) is 122 Å². The van der Waals surface area contributed by atoms with Crippen LogP contribution in [0.5, 0.6) is 0 Å². The van der Waals surface area contributed by atoms with Crippen molar-refractivity contribution in [2.75, 3.05) is 5.32 Å². The Labute approximate surface area is 189 Å². The van der Waals surface area contributed by atoms with Crippen LogP contribution in [-0.2, 0) is 31.3 Å². The smallest absolute Gasteiger partial charge is 0.250 e. The summed E-state index contributed by atoms with van der Waals surface area (Å²) in [6.07, 6.45) is 0.277. The van der Waals surface area contributed by atoms with Crippen molar-refractivity contribution >= 4 is 40.9 Å².